The van der Waals surface area contributed by atoms with Crippen LogP contribution in [0.2, 0.25) is 5.54 Å². The third kappa shape index (κ3) is 3.08. The second-order valence-electron chi connectivity index (χ2n) is 4.03. The van der Waals surface area contributed by atoms with Gasteiger partial charge in [0.15, 0.2) is 5.72 Å². The first-order valence-corrected chi connectivity index (χ1v) is 8.11. The first-order chi connectivity index (χ1) is 7.33. The van der Waals surface area contributed by atoms with Crippen LogP contribution in [0.3, 0.4) is 0 Å². The van der Waals surface area contributed by atoms with Crippen LogP contribution in [0.5, 0.6) is 0 Å². The van der Waals surface area contributed by atoms with Gasteiger partial charge in [-0.05, 0) is 0 Å². The Morgan fingerprint density at radius 1 is 1.69 bits per heavy atom. The Labute approximate surface area is 97.9 Å². The molecule has 1 aliphatic rings. The number of aliphatic hydroxyl groups excluding tert-OH is 1. The highest BCUT2D eigenvalue weighted by molar-refractivity contribution is 7.82. The highest BCUT2D eigenvalue weighted by Crippen LogP contribution is 2.31. The Morgan fingerprint density at radius 3 is 2.69 bits per heavy atom. The molecule has 9 heteroatoms. The van der Waals surface area contributed by atoms with Gasteiger partial charge in [-0.15, -0.1) is 0 Å². The molecule has 0 aromatic carbocycles. The van der Waals surface area contributed by atoms with Gasteiger partial charge in [-0.25, -0.2) is 4.21 Å². The Kier molecular flexibility index (Phi) is 4.60. The summed E-state index contributed by atoms with van der Waals surface area (Å²) in [5.74, 6) is -0.0352. The Morgan fingerprint density at radius 2 is 2.31 bits per heavy atom. The van der Waals surface area contributed by atoms with E-state index in [1.165, 1.54) is 0 Å². The Hall–Kier alpha value is 0.127. The van der Waals surface area contributed by atoms with Gasteiger partial charge < -0.3 is 18.8 Å². The molecule has 16 heavy (non-hydrogen) atoms. The third-order valence-electron chi connectivity index (χ3n) is 2.38. The summed E-state index contributed by atoms with van der Waals surface area (Å²) in [6.07, 6.45) is 0. The molecule has 0 radical (unpaired) electrons. The van der Waals surface area contributed by atoms with Gasteiger partial charge >= 0.3 is 8.80 Å². The fourth-order valence-corrected chi connectivity index (χ4v) is 3.50. The standard InChI is InChI=1S/C7H18N2O5SSi/c1-6(2)16(12)13-4-7(3-10,14-16)9-5-15(8)11/h6,9-10,12H,3-5,8H2,1-2H3. The molecule has 3 atom stereocenters. The van der Waals surface area contributed by atoms with E-state index >= 15 is 0 Å². The molecule has 96 valence electrons. The molecule has 0 saturated carbocycles. The SMILES string of the molecule is CC(C)[Si]1(O)OCC(CO)(NCS(N)=O)O1. The van der Waals surface area contributed by atoms with Gasteiger partial charge in [0.05, 0.1) is 19.1 Å². The monoisotopic (exact) mass is 270 g/mol. The molecule has 0 amide bonds. The lowest BCUT2D eigenvalue weighted by Crippen LogP contribution is -2.55. The number of rotatable bonds is 5. The number of nitrogens with one attached hydrogen (secondary N) is 1. The fourth-order valence-electron chi connectivity index (χ4n) is 1.27. The number of nitrogens with two attached hydrogens (primary N) is 1. The molecule has 1 saturated heterocycles. The van der Waals surface area contributed by atoms with Crippen LogP contribution in [-0.4, -0.2) is 47.7 Å². The molecule has 0 aromatic heterocycles. The van der Waals surface area contributed by atoms with Gasteiger partial charge in [0.1, 0.15) is 11.0 Å². The predicted octanol–water partition coefficient (Wildman–Crippen LogP) is -1.77. The van der Waals surface area contributed by atoms with Crippen molar-refractivity contribution in [3.63, 3.8) is 0 Å². The van der Waals surface area contributed by atoms with Crippen molar-refractivity contribution < 1.29 is 23.0 Å². The number of aliphatic hydroxyl groups is 1. The summed E-state index contributed by atoms with van der Waals surface area (Å²) in [7, 11) is -4.80. The summed E-state index contributed by atoms with van der Waals surface area (Å²) in [5.41, 5.74) is -1.36. The largest absolute Gasteiger partial charge is 0.502 e. The molecule has 1 rings (SSSR count). The number of hydrogen-bond donors (Lipinski definition) is 4. The summed E-state index contributed by atoms with van der Waals surface area (Å²) >= 11 is 0. The zero-order valence-corrected chi connectivity index (χ0v) is 11.1. The van der Waals surface area contributed by atoms with E-state index in [1.54, 1.807) is 13.8 Å². The van der Waals surface area contributed by atoms with E-state index in [1.807, 2.05) is 0 Å². The van der Waals surface area contributed by atoms with Gasteiger partial charge in [-0.2, -0.15) is 0 Å². The van der Waals surface area contributed by atoms with Crippen LogP contribution >= 0.6 is 0 Å². The normalized spacial score (nSPS) is 36.9. The van der Waals surface area contributed by atoms with Gasteiger partial charge in [0.25, 0.3) is 0 Å². The predicted molar refractivity (Wildman–Crippen MR) is 60.3 cm³/mol. The average Bonchev–Trinajstić information content (AvgIpc) is 2.56. The van der Waals surface area contributed by atoms with E-state index in [0.29, 0.717) is 0 Å². The molecule has 1 heterocycles. The maximum Gasteiger partial charge on any atom is 0.502 e. The summed E-state index contributed by atoms with van der Waals surface area (Å²) in [6, 6.07) is 0. The quantitative estimate of drug-likeness (QED) is 0.440. The van der Waals surface area contributed by atoms with Crippen LogP contribution in [0.25, 0.3) is 0 Å². The van der Waals surface area contributed by atoms with Crippen LogP contribution in [0, 0.1) is 0 Å². The molecular formula is C7H18N2O5SSi. The molecule has 0 bridgehead atoms. The van der Waals surface area contributed by atoms with Crippen molar-refractivity contribution in [2.75, 3.05) is 19.1 Å². The zero-order chi connectivity index (χ0) is 12.4. The Bertz CT molecular complexity index is 282. The van der Waals surface area contributed by atoms with E-state index in [-0.39, 0.29) is 24.6 Å². The van der Waals surface area contributed by atoms with Crippen LogP contribution in [0.1, 0.15) is 13.8 Å². The molecule has 1 fully saturated rings. The maximum absolute atomic E-state index is 10.8. The van der Waals surface area contributed by atoms with Crippen LogP contribution in [0.4, 0.5) is 0 Å². The van der Waals surface area contributed by atoms with E-state index in [9.17, 15) is 14.1 Å². The topological polar surface area (TPSA) is 114 Å². The molecule has 5 N–H and O–H groups in total. The van der Waals surface area contributed by atoms with Gasteiger partial charge in [-0.1, -0.05) is 13.8 Å². The van der Waals surface area contributed by atoms with Gasteiger partial charge in [-0.3, -0.25) is 10.5 Å². The minimum Gasteiger partial charge on any atom is -0.392 e. The first kappa shape index (κ1) is 14.2. The van der Waals surface area contributed by atoms with Crippen molar-refractivity contribution in [3.8, 4) is 0 Å². The van der Waals surface area contributed by atoms with E-state index < -0.39 is 25.5 Å². The summed E-state index contributed by atoms with van der Waals surface area (Å²) in [5, 5.41) is 17.0. The van der Waals surface area contributed by atoms with Crippen molar-refractivity contribution in [1.29, 1.82) is 0 Å². The number of hydrogen-bond acceptors (Lipinski definition) is 6. The van der Waals surface area contributed by atoms with Gasteiger partial charge in [0.2, 0.25) is 0 Å². The maximum atomic E-state index is 10.8. The minimum absolute atomic E-state index is 0.0155. The van der Waals surface area contributed by atoms with Crippen molar-refractivity contribution in [3.05, 3.63) is 0 Å². The second-order valence-corrected chi connectivity index (χ2v) is 7.99. The highest BCUT2D eigenvalue weighted by Gasteiger charge is 2.55. The van der Waals surface area contributed by atoms with E-state index in [2.05, 4.69) is 5.32 Å². The van der Waals surface area contributed by atoms with Crippen molar-refractivity contribution in [2.45, 2.75) is 25.1 Å². The minimum atomic E-state index is -3.25. The third-order valence-corrected chi connectivity index (χ3v) is 5.50. The highest BCUT2D eigenvalue weighted by atomic mass is 32.2. The molecule has 0 aromatic rings. The van der Waals surface area contributed by atoms with Crippen molar-refractivity contribution >= 4 is 19.8 Å². The van der Waals surface area contributed by atoms with Crippen molar-refractivity contribution in [2.24, 2.45) is 5.14 Å². The Balaban J connectivity index is 2.67. The summed E-state index contributed by atoms with van der Waals surface area (Å²) < 4.78 is 21.4. The molecule has 0 spiro atoms. The molecule has 3 unspecified atom stereocenters. The molecule has 7 nitrogen and oxygen atoms in total. The lowest BCUT2D eigenvalue weighted by Gasteiger charge is -2.28. The lowest BCUT2D eigenvalue weighted by molar-refractivity contribution is -0.0110. The van der Waals surface area contributed by atoms with Crippen molar-refractivity contribution in [1.82, 2.24) is 5.32 Å². The lowest BCUT2D eigenvalue weighted by atomic mass is 10.3. The average molecular weight is 270 g/mol. The fraction of sp³-hybridized carbons (Fsp3) is 1.00. The molecule has 0 aliphatic carbocycles. The van der Waals surface area contributed by atoms with E-state index in [0.717, 1.165) is 0 Å². The zero-order valence-electron chi connectivity index (χ0n) is 9.30. The van der Waals surface area contributed by atoms with Crippen LogP contribution in [-0.2, 0) is 19.8 Å². The van der Waals surface area contributed by atoms with E-state index in [4.69, 9.17) is 14.0 Å². The molecule has 1 aliphatic heterocycles. The second kappa shape index (κ2) is 5.19. The van der Waals surface area contributed by atoms with Gasteiger partial charge in [0, 0.05) is 5.54 Å². The first-order valence-electron chi connectivity index (χ1n) is 4.89. The smallest absolute Gasteiger partial charge is 0.392 e. The van der Waals surface area contributed by atoms with Crippen LogP contribution in [0.15, 0.2) is 0 Å². The van der Waals surface area contributed by atoms with Crippen LogP contribution < -0.4 is 10.5 Å². The molecular weight excluding hydrogens is 252 g/mol. The summed E-state index contributed by atoms with van der Waals surface area (Å²) in [6.45, 7) is 3.19. The summed E-state index contributed by atoms with van der Waals surface area (Å²) in [4.78, 5) is 10.0.